The molecular formula is C6H9KO3. The maximum atomic E-state index is 9.64. The second-order valence-electron chi connectivity index (χ2n) is 1.20. The van der Waals surface area contributed by atoms with E-state index in [1.54, 1.807) is 19.1 Å². The fraction of sp³-hybridized carbons (Fsp3) is 0.167. The van der Waals surface area contributed by atoms with Crippen molar-refractivity contribution in [3.8, 4) is 0 Å². The number of hydrogen-bond acceptors (Lipinski definition) is 2. The van der Waals surface area contributed by atoms with E-state index in [4.69, 9.17) is 0 Å². The Kier molecular flexibility index (Phi) is 20.7. The Morgan fingerprint density at radius 2 is 1.90 bits per heavy atom. The molecule has 0 radical (unpaired) electrons. The van der Waals surface area contributed by atoms with Crippen molar-refractivity contribution in [2.24, 2.45) is 0 Å². The summed E-state index contributed by atoms with van der Waals surface area (Å²) in [6, 6.07) is 0. The monoisotopic (exact) mass is 168 g/mol. The zero-order valence-corrected chi connectivity index (χ0v) is 9.25. The molecule has 0 aliphatic heterocycles. The molecule has 3 nitrogen and oxygen atoms in total. The normalized spacial score (nSPS) is 8.90. The molecule has 0 fully saturated rings. The molecule has 4 heteroatoms. The summed E-state index contributed by atoms with van der Waals surface area (Å²) in [5.74, 6) is -1.16. The van der Waals surface area contributed by atoms with Gasteiger partial charge in [0.1, 0.15) is 0 Å². The number of carbonyl (C=O) groups is 1. The quantitative estimate of drug-likeness (QED) is 0.240. The average molecular weight is 168 g/mol. The zero-order valence-electron chi connectivity index (χ0n) is 6.13. The van der Waals surface area contributed by atoms with Crippen LogP contribution in [0.1, 0.15) is 6.92 Å². The van der Waals surface area contributed by atoms with Crippen molar-refractivity contribution in [3.05, 3.63) is 24.3 Å². The fourth-order valence-corrected chi connectivity index (χ4v) is 0.245. The van der Waals surface area contributed by atoms with E-state index in [9.17, 15) is 9.90 Å². The minimum absolute atomic E-state index is 0. The van der Waals surface area contributed by atoms with Crippen molar-refractivity contribution in [3.63, 3.8) is 0 Å². The van der Waals surface area contributed by atoms with Crippen molar-refractivity contribution in [2.75, 3.05) is 0 Å². The minimum atomic E-state index is -1.16. The molecule has 0 atom stereocenters. The van der Waals surface area contributed by atoms with Crippen LogP contribution in [0.25, 0.3) is 0 Å². The second kappa shape index (κ2) is 12.2. The predicted octanol–water partition coefficient (Wildman–Crippen LogP) is -3.95. The number of carboxylic acid groups (broad SMARTS) is 1. The maximum absolute atomic E-state index is 9.64. The van der Waals surface area contributed by atoms with E-state index in [-0.39, 0.29) is 56.9 Å². The SMILES string of the molecule is C/C=C/C=C/C(=O)[O-].O.[K+]. The van der Waals surface area contributed by atoms with E-state index in [0.717, 1.165) is 6.08 Å². The van der Waals surface area contributed by atoms with Crippen LogP contribution in [0.4, 0.5) is 0 Å². The van der Waals surface area contributed by atoms with Gasteiger partial charge in [-0.05, 0) is 13.0 Å². The Morgan fingerprint density at radius 1 is 1.40 bits per heavy atom. The Hall–Kier alpha value is 0.546. The van der Waals surface area contributed by atoms with Crippen LogP contribution < -0.4 is 56.5 Å². The van der Waals surface area contributed by atoms with E-state index in [1.807, 2.05) is 0 Å². The molecule has 0 aromatic carbocycles. The molecule has 0 aliphatic carbocycles. The van der Waals surface area contributed by atoms with Crippen molar-refractivity contribution in [1.82, 2.24) is 0 Å². The molecule has 0 rings (SSSR count). The van der Waals surface area contributed by atoms with Crippen LogP contribution in [-0.4, -0.2) is 11.4 Å². The number of carbonyl (C=O) groups excluding carboxylic acids is 1. The molecule has 0 saturated heterocycles. The summed E-state index contributed by atoms with van der Waals surface area (Å²) >= 11 is 0. The number of hydrogen-bond donors (Lipinski definition) is 0. The Bertz CT molecular complexity index is 129. The van der Waals surface area contributed by atoms with Crippen LogP contribution in [0.2, 0.25) is 0 Å². The van der Waals surface area contributed by atoms with Crippen LogP contribution in [-0.2, 0) is 4.79 Å². The average Bonchev–Trinajstić information content (AvgIpc) is 1.66. The molecule has 0 heterocycles. The first-order chi connectivity index (χ1) is 3.77. The molecule has 0 saturated carbocycles. The molecule has 0 spiro atoms. The Labute approximate surface area is 103 Å². The van der Waals surface area contributed by atoms with Crippen LogP contribution in [0.5, 0.6) is 0 Å². The molecule has 0 amide bonds. The van der Waals surface area contributed by atoms with Gasteiger partial charge in [0.2, 0.25) is 0 Å². The molecule has 0 aliphatic rings. The van der Waals surface area contributed by atoms with Gasteiger partial charge in [-0.2, -0.15) is 0 Å². The van der Waals surface area contributed by atoms with E-state index < -0.39 is 5.97 Å². The van der Waals surface area contributed by atoms with Crippen LogP contribution >= 0.6 is 0 Å². The first kappa shape index (κ1) is 16.9. The molecule has 10 heavy (non-hydrogen) atoms. The topological polar surface area (TPSA) is 71.6 Å². The summed E-state index contributed by atoms with van der Waals surface area (Å²) in [5, 5.41) is 9.64. The smallest absolute Gasteiger partial charge is 0.545 e. The van der Waals surface area contributed by atoms with Gasteiger partial charge in [-0.1, -0.05) is 18.2 Å². The zero-order chi connectivity index (χ0) is 6.41. The van der Waals surface area contributed by atoms with Crippen molar-refractivity contribution >= 4 is 5.97 Å². The van der Waals surface area contributed by atoms with Crippen LogP contribution in [0.15, 0.2) is 24.3 Å². The standard InChI is InChI=1S/C6H8O2.K.H2O/c1-2-3-4-5-6(7)8;;/h2-5H,1H3,(H,7,8);;1H2/q;+1;/p-1/b3-2+,5-4+;;. The van der Waals surface area contributed by atoms with Gasteiger partial charge >= 0.3 is 51.4 Å². The first-order valence-electron chi connectivity index (χ1n) is 2.27. The largest absolute Gasteiger partial charge is 1.00 e. The molecule has 0 unspecified atom stereocenters. The third-order valence-electron chi connectivity index (χ3n) is 0.536. The Morgan fingerprint density at radius 3 is 2.20 bits per heavy atom. The van der Waals surface area contributed by atoms with E-state index >= 15 is 0 Å². The number of allylic oxidation sites excluding steroid dienone is 3. The van der Waals surface area contributed by atoms with Crippen LogP contribution in [0.3, 0.4) is 0 Å². The van der Waals surface area contributed by atoms with Gasteiger partial charge in [0, 0.05) is 0 Å². The predicted molar refractivity (Wildman–Crippen MR) is 32.6 cm³/mol. The maximum Gasteiger partial charge on any atom is 1.00 e. The van der Waals surface area contributed by atoms with Gasteiger partial charge < -0.3 is 15.4 Å². The molecule has 0 aromatic rings. The summed E-state index contributed by atoms with van der Waals surface area (Å²) in [6.07, 6.45) is 5.74. The van der Waals surface area contributed by atoms with Gasteiger partial charge in [0.05, 0.1) is 5.97 Å². The van der Waals surface area contributed by atoms with E-state index in [1.165, 1.54) is 6.08 Å². The molecular weight excluding hydrogens is 159 g/mol. The summed E-state index contributed by atoms with van der Waals surface area (Å²) in [4.78, 5) is 9.64. The third-order valence-corrected chi connectivity index (χ3v) is 0.536. The first-order valence-corrected chi connectivity index (χ1v) is 2.27. The molecule has 52 valence electrons. The van der Waals surface area contributed by atoms with E-state index in [2.05, 4.69) is 0 Å². The summed E-state index contributed by atoms with van der Waals surface area (Å²) in [7, 11) is 0. The summed E-state index contributed by atoms with van der Waals surface area (Å²) in [6.45, 7) is 1.81. The summed E-state index contributed by atoms with van der Waals surface area (Å²) in [5.41, 5.74) is 0. The molecule has 0 aromatic heterocycles. The van der Waals surface area contributed by atoms with E-state index in [0.29, 0.717) is 0 Å². The number of aliphatic carboxylic acids is 1. The van der Waals surface area contributed by atoms with Crippen molar-refractivity contribution in [2.45, 2.75) is 6.92 Å². The van der Waals surface area contributed by atoms with Gasteiger partial charge in [-0.3, -0.25) is 0 Å². The molecule has 0 bridgehead atoms. The fourth-order valence-electron chi connectivity index (χ4n) is 0.245. The number of carboxylic acids is 1. The van der Waals surface area contributed by atoms with Gasteiger partial charge in [-0.15, -0.1) is 0 Å². The second-order valence-corrected chi connectivity index (χ2v) is 1.20. The molecule has 2 N–H and O–H groups in total. The Balaban J connectivity index is -0.000000245. The third kappa shape index (κ3) is 15.8. The summed E-state index contributed by atoms with van der Waals surface area (Å²) < 4.78 is 0. The van der Waals surface area contributed by atoms with Crippen molar-refractivity contribution in [1.29, 1.82) is 0 Å². The number of rotatable bonds is 2. The van der Waals surface area contributed by atoms with Crippen LogP contribution in [0, 0.1) is 0 Å². The van der Waals surface area contributed by atoms with Gasteiger partial charge in [0.25, 0.3) is 0 Å². The van der Waals surface area contributed by atoms with Gasteiger partial charge in [-0.25, -0.2) is 0 Å². The van der Waals surface area contributed by atoms with Gasteiger partial charge in [0.15, 0.2) is 0 Å². The minimum Gasteiger partial charge on any atom is -0.545 e. The van der Waals surface area contributed by atoms with Crippen molar-refractivity contribution < 1.29 is 66.8 Å².